The fourth-order valence-corrected chi connectivity index (χ4v) is 1.45. The Labute approximate surface area is 81.7 Å². The number of aliphatic hydroxyl groups is 2. The maximum atomic E-state index is 13.0. The molecule has 2 nitrogen and oxygen atoms in total. The molecule has 0 saturated carbocycles. The Balaban J connectivity index is 3.27. The van der Waals surface area contributed by atoms with Gasteiger partial charge in [0.1, 0.15) is 0 Å². The lowest BCUT2D eigenvalue weighted by Gasteiger charge is -2.07. The molecule has 0 fully saturated rings. The third kappa shape index (κ3) is 1.77. The Bertz CT molecular complexity index is 304. The van der Waals surface area contributed by atoms with Crippen molar-refractivity contribution in [1.29, 1.82) is 0 Å². The third-order valence-corrected chi connectivity index (χ3v) is 2.34. The summed E-state index contributed by atoms with van der Waals surface area (Å²) in [5.41, 5.74) is -0.0441. The van der Waals surface area contributed by atoms with E-state index in [2.05, 4.69) is 15.9 Å². The zero-order valence-electron chi connectivity index (χ0n) is 5.76. The fourth-order valence-electron chi connectivity index (χ4n) is 0.740. The molecule has 1 rings (SSSR count). The Kier molecular flexibility index (Phi) is 3.06. The zero-order chi connectivity index (χ0) is 9.30. The second kappa shape index (κ2) is 3.70. The minimum Gasteiger partial charge on any atom is -0.364 e. The molecule has 66 valence electrons. The summed E-state index contributed by atoms with van der Waals surface area (Å²) in [6.45, 7) is 0. The number of hydrogen-bond acceptors (Lipinski definition) is 2. The number of hydrogen-bond donors (Lipinski definition) is 2. The second-order valence-electron chi connectivity index (χ2n) is 2.14. The topological polar surface area (TPSA) is 40.5 Å². The minimum absolute atomic E-state index is 0.0441. The Morgan fingerprint density at radius 3 is 2.50 bits per heavy atom. The maximum absolute atomic E-state index is 13.0. The van der Waals surface area contributed by atoms with E-state index in [1.807, 2.05) is 0 Å². The number of benzene rings is 1. The van der Waals surface area contributed by atoms with Crippen molar-refractivity contribution in [2.24, 2.45) is 0 Å². The van der Waals surface area contributed by atoms with Crippen LogP contribution in [-0.2, 0) is 0 Å². The van der Waals surface area contributed by atoms with Gasteiger partial charge in [-0.1, -0.05) is 17.7 Å². The molecule has 0 heterocycles. The van der Waals surface area contributed by atoms with Gasteiger partial charge in [-0.15, -0.1) is 0 Å². The van der Waals surface area contributed by atoms with Gasteiger partial charge in [-0.05, 0) is 22.0 Å². The van der Waals surface area contributed by atoms with Crippen LogP contribution in [0.1, 0.15) is 11.9 Å². The first-order valence-corrected chi connectivity index (χ1v) is 4.20. The molecule has 0 bridgehead atoms. The van der Waals surface area contributed by atoms with Crippen LogP contribution in [0, 0.1) is 5.82 Å². The van der Waals surface area contributed by atoms with Crippen molar-refractivity contribution in [2.75, 3.05) is 0 Å². The van der Waals surface area contributed by atoms with Crippen LogP contribution in [0.25, 0.3) is 0 Å². The van der Waals surface area contributed by atoms with Gasteiger partial charge in [0.25, 0.3) is 0 Å². The molecule has 12 heavy (non-hydrogen) atoms. The van der Waals surface area contributed by atoms with E-state index in [0.29, 0.717) is 0 Å². The van der Waals surface area contributed by atoms with E-state index in [0.717, 1.165) is 0 Å². The normalized spacial score (nSPS) is 10.8. The Hall–Kier alpha value is -0.160. The highest BCUT2D eigenvalue weighted by molar-refractivity contribution is 9.10. The monoisotopic (exact) mass is 254 g/mol. The Morgan fingerprint density at radius 2 is 2.00 bits per heavy atom. The number of aliphatic hydroxyl groups excluding tert-OH is 1. The molecule has 0 aliphatic heterocycles. The van der Waals surface area contributed by atoms with Gasteiger partial charge in [0.2, 0.25) is 0 Å². The second-order valence-corrected chi connectivity index (χ2v) is 3.37. The summed E-state index contributed by atoms with van der Waals surface area (Å²) in [5, 5.41) is 17.1. The van der Waals surface area contributed by atoms with Crippen LogP contribution >= 0.6 is 27.5 Å². The van der Waals surface area contributed by atoms with Crippen LogP contribution in [0.4, 0.5) is 4.39 Å². The van der Waals surface area contributed by atoms with Crippen molar-refractivity contribution in [3.05, 3.63) is 33.0 Å². The van der Waals surface area contributed by atoms with E-state index in [1.165, 1.54) is 12.1 Å². The number of halogens is 3. The van der Waals surface area contributed by atoms with Gasteiger partial charge >= 0.3 is 0 Å². The van der Waals surface area contributed by atoms with E-state index >= 15 is 0 Å². The first-order valence-electron chi connectivity index (χ1n) is 3.03. The van der Waals surface area contributed by atoms with E-state index in [4.69, 9.17) is 21.8 Å². The van der Waals surface area contributed by atoms with Crippen LogP contribution < -0.4 is 0 Å². The van der Waals surface area contributed by atoms with Crippen LogP contribution in [0.2, 0.25) is 5.02 Å². The molecule has 0 saturated heterocycles. The van der Waals surface area contributed by atoms with Gasteiger partial charge in [0, 0.05) is 5.56 Å². The van der Waals surface area contributed by atoms with Crippen LogP contribution in [0.5, 0.6) is 0 Å². The maximum Gasteiger partial charge on any atom is 0.180 e. The highest BCUT2D eigenvalue weighted by atomic mass is 79.9. The van der Waals surface area contributed by atoms with Crippen molar-refractivity contribution in [3.63, 3.8) is 0 Å². The smallest absolute Gasteiger partial charge is 0.180 e. The van der Waals surface area contributed by atoms with Gasteiger partial charge in [0.05, 0.1) is 9.50 Å². The molecule has 0 unspecified atom stereocenters. The summed E-state index contributed by atoms with van der Waals surface area (Å²) in [6.07, 6.45) is -1.75. The molecule has 0 aromatic heterocycles. The van der Waals surface area contributed by atoms with Gasteiger partial charge in [-0.25, -0.2) is 4.39 Å². The summed E-state index contributed by atoms with van der Waals surface area (Å²) in [7, 11) is 0. The van der Waals surface area contributed by atoms with E-state index in [-0.39, 0.29) is 15.1 Å². The first-order chi connectivity index (χ1) is 5.54. The van der Waals surface area contributed by atoms with E-state index < -0.39 is 12.1 Å². The van der Waals surface area contributed by atoms with Crippen molar-refractivity contribution in [2.45, 2.75) is 6.29 Å². The molecule has 0 aliphatic rings. The van der Waals surface area contributed by atoms with Gasteiger partial charge in [-0.2, -0.15) is 0 Å². The lowest BCUT2D eigenvalue weighted by molar-refractivity contribution is -0.0426. The minimum atomic E-state index is -1.75. The van der Waals surface area contributed by atoms with Crippen molar-refractivity contribution >= 4 is 27.5 Å². The predicted octanol–water partition coefficient (Wildman–Crippen LogP) is 2.22. The van der Waals surface area contributed by atoms with Crippen molar-refractivity contribution < 1.29 is 14.6 Å². The molecule has 0 radical (unpaired) electrons. The molecule has 0 amide bonds. The molecule has 1 aromatic carbocycles. The highest BCUT2D eigenvalue weighted by Crippen LogP contribution is 2.29. The highest BCUT2D eigenvalue weighted by Gasteiger charge is 2.13. The average Bonchev–Trinajstić information content (AvgIpc) is 2.00. The van der Waals surface area contributed by atoms with Crippen molar-refractivity contribution in [1.82, 2.24) is 0 Å². The van der Waals surface area contributed by atoms with Crippen LogP contribution in [0.3, 0.4) is 0 Å². The average molecular weight is 255 g/mol. The van der Waals surface area contributed by atoms with Gasteiger partial charge in [0.15, 0.2) is 12.1 Å². The SMILES string of the molecule is OC(O)c1ccc(Br)c(F)c1Cl. The first kappa shape index (κ1) is 9.92. The molecule has 0 spiro atoms. The van der Waals surface area contributed by atoms with E-state index in [1.54, 1.807) is 0 Å². The fraction of sp³-hybridized carbons (Fsp3) is 0.143. The van der Waals surface area contributed by atoms with Gasteiger partial charge in [-0.3, -0.25) is 0 Å². The van der Waals surface area contributed by atoms with Crippen LogP contribution in [-0.4, -0.2) is 10.2 Å². The standard InChI is InChI=1S/C7H5BrClFO2/c8-4-2-1-3(7(11)12)5(9)6(4)10/h1-2,7,11-12H. The third-order valence-electron chi connectivity index (χ3n) is 1.34. The number of rotatable bonds is 1. The molecule has 1 aromatic rings. The molecule has 2 N–H and O–H groups in total. The van der Waals surface area contributed by atoms with Crippen LogP contribution in [0.15, 0.2) is 16.6 Å². The lowest BCUT2D eigenvalue weighted by Crippen LogP contribution is -1.97. The summed E-state index contributed by atoms with van der Waals surface area (Å²) in [6, 6.07) is 2.69. The quantitative estimate of drug-likeness (QED) is 0.597. The summed E-state index contributed by atoms with van der Waals surface area (Å²) in [4.78, 5) is 0. The molecular formula is C7H5BrClFO2. The van der Waals surface area contributed by atoms with Gasteiger partial charge < -0.3 is 10.2 Å². The van der Waals surface area contributed by atoms with Crippen molar-refractivity contribution in [3.8, 4) is 0 Å². The summed E-state index contributed by atoms with van der Waals surface area (Å²) >= 11 is 8.38. The molecule has 0 aliphatic carbocycles. The summed E-state index contributed by atoms with van der Waals surface area (Å²) in [5.74, 6) is -0.692. The molecule has 0 atom stereocenters. The molecular weight excluding hydrogens is 250 g/mol. The zero-order valence-corrected chi connectivity index (χ0v) is 8.10. The summed E-state index contributed by atoms with van der Waals surface area (Å²) < 4.78 is 13.1. The predicted molar refractivity (Wildman–Crippen MR) is 46.3 cm³/mol. The largest absolute Gasteiger partial charge is 0.364 e. The molecule has 5 heteroatoms. The lowest BCUT2D eigenvalue weighted by atomic mass is 10.2. The van der Waals surface area contributed by atoms with E-state index in [9.17, 15) is 4.39 Å². The Morgan fingerprint density at radius 1 is 1.42 bits per heavy atom.